The largest absolute Gasteiger partial charge is 0.478 e. The molecule has 7 nitrogen and oxygen atoms in total. The van der Waals surface area contributed by atoms with E-state index in [0.29, 0.717) is 30.3 Å². The maximum atomic E-state index is 12.3. The fraction of sp³-hybridized carbons (Fsp3) is 0.150. The van der Waals surface area contributed by atoms with Gasteiger partial charge in [0.1, 0.15) is 0 Å². The minimum atomic E-state index is -0.347. The molecule has 2 N–H and O–H groups in total. The van der Waals surface area contributed by atoms with E-state index in [1.165, 1.54) is 6.26 Å². The van der Waals surface area contributed by atoms with Gasteiger partial charge in [0.2, 0.25) is 5.88 Å². The van der Waals surface area contributed by atoms with Gasteiger partial charge < -0.3 is 19.8 Å². The fourth-order valence-electron chi connectivity index (χ4n) is 2.38. The number of nitrogens with zero attached hydrogens (tertiary/aromatic N) is 1. The molecule has 0 spiro atoms. The minimum Gasteiger partial charge on any atom is -0.478 e. The highest BCUT2D eigenvalue weighted by molar-refractivity contribution is 6.02. The third kappa shape index (κ3) is 4.94. The summed E-state index contributed by atoms with van der Waals surface area (Å²) >= 11 is 0. The summed E-state index contributed by atoms with van der Waals surface area (Å²) in [5, 5.41) is 5.54. The number of pyridine rings is 1. The minimum absolute atomic E-state index is 0.214. The first-order valence-electron chi connectivity index (χ1n) is 8.46. The van der Waals surface area contributed by atoms with Crippen molar-refractivity contribution in [3.8, 4) is 5.88 Å². The molecule has 0 aliphatic rings. The van der Waals surface area contributed by atoms with E-state index in [0.717, 1.165) is 5.56 Å². The van der Waals surface area contributed by atoms with Crippen molar-refractivity contribution in [1.82, 2.24) is 10.3 Å². The normalized spacial score (nSPS) is 10.3. The Morgan fingerprint density at radius 1 is 1.11 bits per heavy atom. The second-order valence-electron chi connectivity index (χ2n) is 5.63. The lowest BCUT2D eigenvalue weighted by atomic mass is 10.2. The van der Waals surface area contributed by atoms with Gasteiger partial charge in [0, 0.05) is 30.1 Å². The highest BCUT2D eigenvalue weighted by Gasteiger charge is 2.10. The fourth-order valence-corrected chi connectivity index (χ4v) is 2.38. The summed E-state index contributed by atoms with van der Waals surface area (Å²) in [5.41, 5.74) is 1.96. The van der Waals surface area contributed by atoms with Gasteiger partial charge in [-0.2, -0.15) is 0 Å². The quantitative estimate of drug-likeness (QED) is 0.670. The van der Waals surface area contributed by atoms with Crippen LogP contribution in [0.15, 0.2) is 65.4 Å². The topological polar surface area (TPSA) is 93.5 Å². The van der Waals surface area contributed by atoms with Crippen LogP contribution in [0.3, 0.4) is 0 Å². The summed E-state index contributed by atoms with van der Waals surface area (Å²) in [7, 11) is 0. The van der Waals surface area contributed by atoms with Crippen LogP contribution in [0.25, 0.3) is 0 Å². The molecule has 0 saturated heterocycles. The van der Waals surface area contributed by atoms with Crippen molar-refractivity contribution >= 4 is 17.5 Å². The molecule has 0 radical (unpaired) electrons. The lowest BCUT2D eigenvalue weighted by Crippen LogP contribution is -2.22. The van der Waals surface area contributed by atoms with Crippen LogP contribution in [0.5, 0.6) is 5.88 Å². The van der Waals surface area contributed by atoms with E-state index >= 15 is 0 Å². The predicted molar refractivity (Wildman–Crippen MR) is 99.7 cm³/mol. The van der Waals surface area contributed by atoms with E-state index in [4.69, 9.17) is 9.15 Å². The number of aromatic nitrogens is 1. The maximum absolute atomic E-state index is 12.3. The number of furan rings is 1. The zero-order valence-electron chi connectivity index (χ0n) is 14.8. The monoisotopic (exact) mass is 365 g/mol. The van der Waals surface area contributed by atoms with Crippen molar-refractivity contribution in [3.05, 3.63) is 77.9 Å². The molecule has 2 amide bonds. The molecule has 27 heavy (non-hydrogen) atoms. The molecule has 0 bridgehead atoms. The molecule has 3 aromatic rings. The number of hydrogen-bond acceptors (Lipinski definition) is 5. The first kappa shape index (κ1) is 18.2. The Morgan fingerprint density at radius 3 is 2.63 bits per heavy atom. The van der Waals surface area contributed by atoms with E-state index in [2.05, 4.69) is 15.6 Å². The molecule has 0 aliphatic heterocycles. The van der Waals surface area contributed by atoms with Crippen molar-refractivity contribution < 1.29 is 18.7 Å². The first-order chi connectivity index (χ1) is 13.2. The standard InChI is InChI=1S/C20H19N3O4/c1-2-26-18-12-14(9-10-21-18)13-22-19(24)15-5-7-16(8-6-15)23-20(25)17-4-3-11-27-17/h3-12H,2,13H2,1H3,(H,22,24)(H,23,25). The summed E-state index contributed by atoms with van der Waals surface area (Å²) in [4.78, 5) is 28.3. The molecule has 0 fully saturated rings. The number of amides is 2. The van der Waals surface area contributed by atoms with E-state index in [-0.39, 0.29) is 17.6 Å². The second kappa shape index (κ2) is 8.66. The molecule has 2 aromatic heterocycles. The number of benzene rings is 1. The molecule has 0 atom stereocenters. The van der Waals surface area contributed by atoms with Crippen LogP contribution in [-0.2, 0) is 6.54 Å². The average molecular weight is 365 g/mol. The van der Waals surface area contributed by atoms with Crippen molar-refractivity contribution in [2.75, 3.05) is 11.9 Å². The van der Waals surface area contributed by atoms with Crippen LogP contribution in [-0.4, -0.2) is 23.4 Å². The van der Waals surface area contributed by atoms with E-state index < -0.39 is 0 Å². The van der Waals surface area contributed by atoms with Gasteiger partial charge in [-0.1, -0.05) is 0 Å². The van der Waals surface area contributed by atoms with Gasteiger partial charge in [0.15, 0.2) is 5.76 Å². The summed E-state index contributed by atoms with van der Waals surface area (Å²) in [5.74, 6) is 0.190. The van der Waals surface area contributed by atoms with Gasteiger partial charge in [0.05, 0.1) is 12.9 Å². The molecule has 0 unspecified atom stereocenters. The average Bonchev–Trinajstić information content (AvgIpc) is 3.22. The zero-order valence-corrected chi connectivity index (χ0v) is 14.8. The third-order valence-corrected chi connectivity index (χ3v) is 3.69. The van der Waals surface area contributed by atoms with Crippen molar-refractivity contribution in [2.24, 2.45) is 0 Å². The second-order valence-corrected chi connectivity index (χ2v) is 5.63. The van der Waals surface area contributed by atoms with Crippen LogP contribution in [0.2, 0.25) is 0 Å². The van der Waals surface area contributed by atoms with Crippen molar-refractivity contribution in [2.45, 2.75) is 13.5 Å². The Bertz CT molecular complexity index is 905. The highest BCUT2D eigenvalue weighted by Crippen LogP contribution is 2.13. The Hall–Kier alpha value is -3.61. The predicted octanol–water partition coefficient (Wildman–Crippen LogP) is 3.26. The smallest absolute Gasteiger partial charge is 0.291 e. The Morgan fingerprint density at radius 2 is 1.93 bits per heavy atom. The van der Waals surface area contributed by atoms with Crippen molar-refractivity contribution in [1.29, 1.82) is 0 Å². The Labute approximate surface area is 156 Å². The Balaban J connectivity index is 1.56. The van der Waals surface area contributed by atoms with Gasteiger partial charge in [-0.15, -0.1) is 0 Å². The molecule has 2 heterocycles. The van der Waals surface area contributed by atoms with Crippen LogP contribution in [0.4, 0.5) is 5.69 Å². The maximum Gasteiger partial charge on any atom is 0.291 e. The van der Waals surface area contributed by atoms with Crippen LogP contribution in [0, 0.1) is 0 Å². The molecule has 3 rings (SSSR count). The van der Waals surface area contributed by atoms with Gasteiger partial charge in [-0.05, 0) is 55.0 Å². The number of anilines is 1. The van der Waals surface area contributed by atoms with Crippen LogP contribution in [0.1, 0.15) is 33.4 Å². The number of ether oxygens (including phenoxy) is 1. The van der Waals surface area contributed by atoms with Gasteiger partial charge in [-0.3, -0.25) is 9.59 Å². The third-order valence-electron chi connectivity index (χ3n) is 3.69. The van der Waals surface area contributed by atoms with Gasteiger partial charge in [0.25, 0.3) is 11.8 Å². The van der Waals surface area contributed by atoms with Crippen LogP contribution >= 0.6 is 0 Å². The summed E-state index contributed by atoms with van der Waals surface area (Å²) in [6.45, 7) is 2.78. The molecule has 0 saturated carbocycles. The van der Waals surface area contributed by atoms with E-state index in [9.17, 15) is 9.59 Å². The molecule has 0 aliphatic carbocycles. The summed E-state index contributed by atoms with van der Waals surface area (Å²) in [6, 6.07) is 13.4. The molecular weight excluding hydrogens is 346 g/mol. The number of nitrogens with one attached hydrogen (secondary N) is 2. The van der Waals surface area contributed by atoms with Crippen molar-refractivity contribution in [3.63, 3.8) is 0 Å². The highest BCUT2D eigenvalue weighted by atomic mass is 16.5. The lowest BCUT2D eigenvalue weighted by molar-refractivity contribution is 0.0950. The molecular formula is C20H19N3O4. The number of carbonyl (C=O) groups is 2. The van der Waals surface area contributed by atoms with Crippen LogP contribution < -0.4 is 15.4 Å². The number of rotatable bonds is 7. The van der Waals surface area contributed by atoms with Gasteiger partial charge >= 0.3 is 0 Å². The molecule has 7 heteroatoms. The SMILES string of the molecule is CCOc1cc(CNC(=O)c2ccc(NC(=O)c3ccco3)cc2)ccn1. The number of carbonyl (C=O) groups excluding carboxylic acids is 2. The lowest BCUT2D eigenvalue weighted by Gasteiger charge is -2.08. The summed E-state index contributed by atoms with van der Waals surface area (Å²) in [6.07, 6.45) is 3.07. The zero-order chi connectivity index (χ0) is 19.1. The van der Waals surface area contributed by atoms with E-state index in [1.54, 1.807) is 48.7 Å². The van der Waals surface area contributed by atoms with E-state index in [1.807, 2.05) is 13.0 Å². The Kier molecular flexibility index (Phi) is 5.84. The van der Waals surface area contributed by atoms with Gasteiger partial charge in [-0.25, -0.2) is 4.98 Å². The first-order valence-corrected chi connectivity index (χ1v) is 8.46. The number of hydrogen-bond donors (Lipinski definition) is 2. The molecule has 138 valence electrons. The molecule has 1 aromatic carbocycles. The summed E-state index contributed by atoms with van der Waals surface area (Å²) < 4.78 is 10.4.